The molecule has 0 spiro atoms. The quantitative estimate of drug-likeness (QED) is 0.606. The van der Waals surface area contributed by atoms with Crippen molar-refractivity contribution in [3.05, 3.63) is 59.9 Å². The topological polar surface area (TPSA) is 86.3 Å². The van der Waals surface area contributed by atoms with Gasteiger partial charge in [0.25, 0.3) is 0 Å². The van der Waals surface area contributed by atoms with Gasteiger partial charge in [0.1, 0.15) is 15.9 Å². The fourth-order valence-electron chi connectivity index (χ4n) is 2.09. The van der Waals surface area contributed by atoms with Crippen LogP contribution in [-0.2, 0) is 21.3 Å². The molecule has 1 amide bonds. The maximum Gasteiger partial charge on any atom is 0.228 e. The van der Waals surface area contributed by atoms with Crippen molar-refractivity contribution in [2.24, 2.45) is 5.92 Å². The highest BCUT2D eigenvalue weighted by atomic mass is 32.2. The van der Waals surface area contributed by atoms with Crippen LogP contribution in [0, 0.1) is 11.7 Å². The number of carbonyl (C=O) groups is 1. The van der Waals surface area contributed by atoms with E-state index < -0.39 is 16.0 Å². The molecule has 8 heteroatoms. The lowest BCUT2D eigenvalue weighted by atomic mass is 10.00. The summed E-state index contributed by atoms with van der Waals surface area (Å²) in [4.78, 5) is 11.9. The van der Waals surface area contributed by atoms with Crippen molar-refractivity contribution < 1.29 is 22.2 Å². The normalized spacial score (nSPS) is 12.6. The van der Waals surface area contributed by atoms with E-state index >= 15 is 0 Å². The largest absolute Gasteiger partial charge is 0.744 e. The van der Waals surface area contributed by atoms with Crippen molar-refractivity contribution in [2.45, 2.75) is 11.3 Å². The van der Waals surface area contributed by atoms with Crippen LogP contribution in [0.1, 0.15) is 5.56 Å². The molecule has 24 heavy (non-hydrogen) atoms. The molecule has 1 N–H and O–H groups in total. The molecule has 1 unspecified atom stereocenters. The number of thiol groups is 1. The molecule has 0 heterocycles. The van der Waals surface area contributed by atoms with Crippen LogP contribution in [0.15, 0.2) is 53.4 Å². The van der Waals surface area contributed by atoms with Crippen molar-refractivity contribution in [3.63, 3.8) is 0 Å². The average molecular weight is 368 g/mol. The van der Waals surface area contributed by atoms with E-state index in [1.807, 2.05) is 0 Å². The highest BCUT2D eigenvalue weighted by Crippen LogP contribution is 2.17. The van der Waals surface area contributed by atoms with Crippen LogP contribution in [-0.4, -0.2) is 24.6 Å². The average Bonchev–Trinajstić information content (AvgIpc) is 2.54. The van der Waals surface area contributed by atoms with Crippen molar-refractivity contribution in [2.75, 3.05) is 11.1 Å². The maximum atomic E-state index is 12.9. The second-order valence-electron chi connectivity index (χ2n) is 5.18. The van der Waals surface area contributed by atoms with Gasteiger partial charge < -0.3 is 9.87 Å². The second-order valence-corrected chi connectivity index (χ2v) is 6.92. The molecular weight excluding hydrogens is 353 g/mol. The van der Waals surface area contributed by atoms with Gasteiger partial charge in [0.05, 0.1) is 10.8 Å². The molecule has 0 aliphatic carbocycles. The Morgan fingerprint density at radius 3 is 2.21 bits per heavy atom. The molecule has 0 saturated carbocycles. The minimum absolute atomic E-state index is 0.288. The van der Waals surface area contributed by atoms with E-state index in [9.17, 15) is 22.2 Å². The summed E-state index contributed by atoms with van der Waals surface area (Å²) >= 11 is 4.17. The third-order valence-electron chi connectivity index (χ3n) is 3.40. The molecule has 0 aliphatic rings. The summed E-state index contributed by atoms with van der Waals surface area (Å²) in [6.07, 6.45) is 0.392. The first kappa shape index (κ1) is 18.4. The van der Waals surface area contributed by atoms with E-state index in [1.165, 1.54) is 24.3 Å². The minimum atomic E-state index is -4.52. The Balaban J connectivity index is 2.05. The molecule has 2 aromatic rings. The fraction of sp³-hybridized carbons (Fsp3) is 0.188. The van der Waals surface area contributed by atoms with Crippen LogP contribution >= 0.6 is 12.6 Å². The predicted octanol–water partition coefficient (Wildman–Crippen LogP) is 2.46. The van der Waals surface area contributed by atoms with E-state index in [4.69, 9.17) is 0 Å². The van der Waals surface area contributed by atoms with Crippen LogP contribution in [0.5, 0.6) is 0 Å². The smallest absolute Gasteiger partial charge is 0.228 e. The molecule has 5 nitrogen and oxygen atoms in total. The number of rotatable bonds is 6. The van der Waals surface area contributed by atoms with Crippen molar-refractivity contribution in [1.82, 2.24) is 0 Å². The number of carbonyl (C=O) groups excluding carboxylic acids is 1. The Bertz CT molecular complexity index is 805. The Labute approximate surface area is 145 Å². The van der Waals surface area contributed by atoms with Crippen LogP contribution in [0.3, 0.4) is 0 Å². The summed E-state index contributed by atoms with van der Waals surface area (Å²) in [5.74, 6) is -0.802. The van der Waals surface area contributed by atoms with Gasteiger partial charge in [-0.25, -0.2) is 12.8 Å². The molecule has 0 aromatic heterocycles. The number of amides is 1. The third kappa shape index (κ3) is 5.05. The zero-order valence-corrected chi connectivity index (χ0v) is 14.2. The Hall–Kier alpha value is -1.90. The van der Waals surface area contributed by atoms with Gasteiger partial charge in [0.2, 0.25) is 5.91 Å². The third-order valence-corrected chi connectivity index (χ3v) is 4.69. The second kappa shape index (κ2) is 7.78. The molecule has 1 atom stereocenters. The zero-order valence-electron chi connectivity index (χ0n) is 12.5. The molecule has 2 aromatic carbocycles. The lowest BCUT2D eigenvalue weighted by molar-refractivity contribution is -0.119. The highest BCUT2D eigenvalue weighted by molar-refractivity contribution is 7.85. The van der Waals surface area contributed by atoms with E-state index in [0.29, 0.717) is 12.1 Å². The fourth-order valence-corrected chi connectivity index (χ4v) is 2.86. The summed E-state index contributed by atoms with van der Waals surface area (Å²) in [6, 6.07) is 10.8. The summed E-state index contributed by atoms with van der Waals surface area (Å²) in [7, 11) is -4.52. The Kier molecular flexibility index (Phi) is 5.98. The lowest BCUT2D eigenvalue weighted by Gasteiger charge is -2.15. The maximum absolute atomic E-state index is 12.9. The van der Waals surface area contributed by atoms with Crippen LogP contribution in [0.2, 0.25) is 0 Å². The number of anilines is 1. The standard InChI is InChI=1S/C16H16FNO4S2/c17-13-3-1-11(2-4-13)9-12(10-23)16(19)18-14-5-7-15(8-6-14)24(20,21)22/h1-8,12,23H,9-10H2,(H,18,19)(H,20,21,22)/p-1. The van der Waals surface area contributed by atoms with Crippen LogP contribution in [0.4, 0.5) is 10.1 Å². The van der Waals surface area contributed by atoms with Crippen molar-refractivity contribution in [1.29, 1.82) is 0 Å². The van der Waals surface area contributed by atoms with E-state index in [1.54, 1.807) is 12.1 Å². The number of benzene rings is 2. The predicted molar refractivity (Wildman–Crippen MR) is 90.5 cm³/mol. The number of hydrogen-bond donors (Lipinski definition) is 2. The van der Waals surface area contributed by atoms with Gasteiger partial charge in [0, 0.05) is 11.4 Å². The summed E-state index contributed by atoms with van der Waals surface area (Å²) < 4.78 is 45.5. The SMILES string of the molecule is O=C(Nc1ccc(S(=O)(=O)[O-])cc1)C(CS)Cc1ccc(F)cc1. The molecule has 2 rings (SSSR count). The first-order valence-corrected chi connectivity index (χ1v) is 9.06. The molecule has 128 valence electrons. The van der Waals surface area contributed by atoms with Gasteiger partial charge in [-0.1, -0.05) is 12.1 Å². The van der Waals surface area contributed by atoms with Gasteiger partial charge >= 0.3 is 0 Å². The molecule has 0 aliphatic heterocycles. The van der Waals surface area contributed by atoms with E-state index in [0.717, 1.165) is 17.7 Å². The molecule has 0 radical (unpaired) electrons. The van der Waals surface area contributed by atoms with Crippen LogP contribution < -0.4 is 5.32 Å². The highest BCUT2D eigenvalue weighted by Gasteiger charge is 2.18. The van der Waals surface area contributed by atoms with Crippen molar-refractivity contribution in [3.8, 4) is 0 Å². The summed E-state index contributed by atoms with van der Waals surface area (Å²) in [5, 5.41) is 2.64. The Morgan fingerprint density at radius 2 is 1.71 bits per heavy atom. The van der Waals surface area contributed by atoms with Crippen molar-refractivity contribution >= 4 is 34.3 Å². The zero-order chi connectivity index (χ0) is 17.7. The summed E-state index contributed by atoms with van der Waals surface area (Å²) in [5.41, 5.74) is 1.18. The molecule has 0 bridgehead atoms. The van der Waals surface area contributed by atoms with Crippen LogP contribution in [0.25, 0.3) is 0 Å². The van der Waals surface area contributed by atoms with Gasteiger partial charge in [-0.3, -0.25) is 4.79 Å². The summed E-state index contributed by atoms with van der Waals surface area (Å²) in [6.45, 7) is 0. The lowest BCUT2D eigenvalue weighted by Crippen LogP contribution is -2.26. The minimum Gasteiger partial charge on any atom is -0.744 e. The van der Waals surface area contributed by atoms with Gasteiger partial charge in [0.15, 0.2) is 0 Å². The number of hydrogen-bond acceptors (Lipinski definition) is 5. The Morgan fingerprint density at radius 1 is 1.12 bits per heavy atom. The number of nitrogens with one attached hydrogen (secondary N) is 1. The van der Waals surface area contributed by atoms with Gasteiger partial charge in [-0.2, -0.15) is 12.6 Å². The first-order valence-electron chi connectivity index (χ1n) is 7.01. The molecule has 0 saturated heterocycles. The monoisotopic (exact) mass is 368 g/mol. The number of halogens is 1. The molecular formula is C16H15FNO4S2-. The molecule has 0 fully saturated rings. The van der Waals surface area contributed by atoms with E-state index in [-0.39, 0.29) is 22.4 Å². The van der Waals surface area contributed by atoms with Gasteiger partial charge in [-0.05, 0) is 48.4 Å². The van der Waals surface area contributed by atoms with E-state index in [2.05, 4.69) is 17.9 Å². The first-order chi connectivity index (χ1) is 11.3. The van der Waals surface area contributed by atoms with Gasteiger partial charge in [-0.15, -0.1) is 0 Å².